The Bertz CT molecular complexity index is 614. The van der Waals surface area contributed by atoms with Gasteiger partial charge in [-0.25, -0.2) is 0 Å². The summed E-state index contributed by atoms with van der Waals surface area (Å²) in [5.74, 6) is 5.20. The van der Waals surface area contributed by atoms with Gasteiger partial charge in [-0.2, -0.15) is 0 Å². The third-order valence-corrected chi connectivity index (χ3v) is 3.39. The fourth-order valence-corrected chi connectivity index (χ4v) is 2.23. The Morgan fingerprint density at radius 3 is 3.00 bits per heavy atom. The van der Waals surface area contributed by atoms with Crippen LogP contribution in [0.5, 0.6) is 0 Å². The number of amides is 2. The van der Waals surface area contributed by atoms with Crippen molar-refractivity contribution in [2.24, 2.45) is 0 Å². The smallest absolute Gasteiger partial charge is 0.251 e. The van der Waals surface area contributed by atoms with E-state index in [0.29, 0.717) is 24.1 Å². The van der Waals surface area contributed by atoms with Crippen molar-refractivity contribution in [1.29, 1.82) is 0 Å². The van der Waals surface area contributed by atoms with Gasteiger partial charge in [0, 0.05) is 30.1 Å². The van der Waals surface area contributed by atoms with Gasteiger partial charge < -0.3 is 15.7 Å². The maximum Gasteiger partial charge on any atom is 0.251 e. The zero-order valence-corrected chi connectivity index (χ0v) is 11.9. The Hall–Kier alpha value is -2.32. The first kappa shape index (κ1) is 15.1. The van der Waals surface area contributed by atoms with Crippen LogP contribution in [0, 0.1) is 18.8 Å². The van der Waals surface area contributed by atoms with Crippen LogP contribution in [0.2, 0.25) is 0 Å². The summed E-state index contributed by atoms with van der Waals surface area (Å²) < 4.78 is 0. The summed E-state index contributed by atoms with van der Waals surface area (Å²) in [6, 6.07) is 5.36. The van der Waals surface area contributed by atoms with E-state index in [2.05, 4.69) is 22.5 Å². The molecule has 1 aliphatic rings. The minimum absolute atomic E-state index is 0.0131. The van der Waals surface area contributed by atoms with Crippen LogP contribution in [0.25, 0.3) is 0 Å². The molecule has 1 aromatic rings. The largest absolute Gasteiger partial charge is 0.384 e. The summed E-state index contributed by atoms with van der Waals surface area (Å²) in [6.45, 7) is 2.07. The lowest BCUT2D eigenvalue weighted by Crippen LogP contribution is -2.38. The molecular weight excluding hydrogens is 268 g/mol. The first-order valence-corrected chi connectivity index (χ1v) is 6.88. The third kappa shape index (κ3) is 4.07. The Morgan fingerprint density at radius 1 is 1.52 bits per heavy atom. The third-order valence-electron chi connectivity index (χ3n) is 3.39. The Morgan fingerprint density at radius 2 is 2.33 bits per heavy atom. The molecule has 2 amide bonds. The van der Waals surface area contributed by atoms with E-state index >= 15 is 0 Å². The van der Waals surface area contributed by atoms with Crippen molar-refractivity contribution in [1.82, 2.24) is 10.6 Å². The molecule has 0 bridgehead atoms. The highest BCUT2D eigenvalue weighted by Crippen LogP contribution is 2.11. The average Bonchev–Trinajstić information content (AvgIpc) is 2.89. The van der Waals surface area contributed by atoms with E-state index in [9.17, 15) is 9.59 Å². The quantitative estimate of drug-likeness (QED) is 0.702. The summed E-state index contributed by atoms with van der Waals surface area (Å²) in [5.41, 5.74) is 2.11. The number of aliphatic hydroxyl groups is 1. The van der Waals surface area contributed by atoms with Gasteiger partial charge in [0.05, 0.1) is 0 Å². The van der Waals surface area contributed by atoms with E-state index in [0.717, 1.165) is 12.0 Å². The fraction of sp³-hybridized carbons (Fsp3) is 0.375. The number of carbonyl (C=O) groups is 2. The molecule has 0 aromatic heterocycles. The normalized spacial score (nSPS) is 16.9. The first-order chi connectivity index (χ1) is 10.1. The second-order valence-corrected chi connectivity index (χ2v) is 5.00. The molecule has 1 heterocycles. The molecule has 0 radical (unpaired) electrons. The van der Waals surface area contributed by atoms with Gasteiger partial charge >= 0.3 is 0 Å². The highest BCUT2D eigenvalue weighted by atomic mass is 16.2. The SMILES string of the molecule is Cc1ccc(C#CCO)cc1C(=O)NCC1CCC(=O)N1. The second kappa shape index (κ2) is 6.91. The number of aliphatic hydroxyl groups excluding tert-OH is 1. The lowest BCUT2D eigenvalue weighted by Gasteiger charge is -2.12. The predicted octanol–water partition coefficient (Wildman–Crippen LogP) is 0.347. The fourth-order valence-electron chi connectivity index (χ4n) is 2.23. The predicted molar refractivity (Wildman–Crippen MR) is 78.6 cm³/mol. The number of nitrogens with one attached hydrogen (secondary N) is 2. The molecule has 1 aromatic carbocycles. The van der Waals surface area contributed by atoms with Gasteiger partial charge in [-0.15, -0.1) is 0 Å². The molecule has 21 heavy (non-hydrogen) atoms. The Labute approximate surface area is 123 Å². The molecule has 110 valence electrons. The lowest BCUT2D eigenvalue weighted by molar-refractivity contribution is -0.119. The highest BCUT2D eigenvalue weighted by molar-refractivity contribution is 5.96. The average molecular weight is 286 g/mol. The molecule has 2 rings (SSSR count). The van der Waals surface area contributed by atoms with Crippen LogP contribution in [0.1, 0.15) is 34.3 Å². The van der Waals surface area contributed by atoms with Crippen molar-refractivity contribution in [2.45, 2.75) is 25.8 Å². The number of hydrogen-bond donors (Lipinski definition) is 3. The van der Waals surface area contributed by atoms with Gasteiger partial charge in [0.25, 0.3) is 5.91 Å². The monoisotopic (exact) mass is 286 g/mol. The van der Waals surface area contributed by atoms with Crippen molar-refractivity contribution < 1.29 is 14.7 Å². The van der Waals surface area contributed by atoms with Gasteiger partial charge in [0.15, 0.2) is 0 Å². The van der Waals surface area contributed by atoms with Crippen molar-refractivity contribution in [3.8, 4) is 11.8 Å². The molecule has 5 heteroatoms. The molecule has 1 saturated heterocycles. The number of carbonyl (C=O) groups excluding carboxylic acids is 2. The molecule has 1 unspecified atom stereocenters. The highest BCUT2D eigenvalue weighted by Gasteiger charge is 2.21. The molecule has 3 N–H and O–H groups in total. The van der Waals surface area contributed by atoms with Crippen molar-refractivity contribution in [3.63, 3.8) is 0 Å². The van der Waals surface area contributed by atoms with Gasteiger partial charge in [0.2, 0.25) is 5.91 Å². The minimum Gasteiger partial charge on any atom is -0.384 e. The molecule has 1 aliphatic heterocycles. The van der Waals surface area contributed by atoms with E-state index in [-0.39, 0.29) is 24.5 Å². The zero-order valence-electron chi connectivity index (χ0n) is 11.9. The molecule has 0 aliphatic carbocycles. The summed E-state index contributed by atoms with van der Waals surface area (Å²) in [7, 11) is 0. The van der Waals surface area contributed by atoms with E-state index in [1.54, 1.807) is 6.07 Å². The van der Waals surface area contributed by atoms with Gasteiger partial charge in [-0.1, -0.05) is 17.9 Å². The molecule has 5 nitrogen and oxygen atoms in total. The summed E-state index contributed by atoms with van der Waals surface area (Å²) in [4.78, 5) is 23.3. The molecule has 0 saturated carbocycles. The van der Waals surface area contributed by atoms with Crippen LogP contribution in [-0.4, -0.2) is 36.1 Å². The van der Waals surface area contributed by atoms with E-state index in [1.165, 1.54) is 0 Å². The van der Waals surface area contributed by atoms with E-state index in [1.807, 2.05) is 19.1 Å². The van der Waals surface area contributed by atoms with Gasteiger partial charge in [0.1, 0.15) is 6.61 Å². The maximum absolute atomic E-state index is 12.2. The molecule has 1 fully saturated rings. The molecule has 1 atom stereocenters. The van der Waals surface area contributed by atoms with Crippen LogP contribution in [-0.2, 0) is 4.79 Å². The van der Waals surface area contributed by atoms with E-state index < -0.39 is 0 Å². The van der Waals surface area contributed by atoms with Crippen LogP contribution in [0.15, 0.2) is 18.2 Å². The van der Waals surface area contributed by atoms with Crippen LogP contribution >= 0.6 is 0 Å². The first-order valence-electron chi connectivity index (χ1n) is 6.88. The molecule has 0 spiro atoms. The number of benzene rings is 1. The summed E-state index contributed by atoms with van der Waals surface area (Å²) >= 11 is 0. The number of aryl methyl sites for hydroxylation is 1. The Balaban J connectivity index is 2.02. The number of hydrogen-bond acceptors (Lipinski definition) is 3. The van der Waals surface area contributed by atoms with E-state index in [4.69, 9.17) is 5.11 Å². The van der Waals surface area contributed by atoms with Gasteiger partial charge in [-0.3, -0.25) is 9.59 Å². The Kier molecular flexibility index (Phi) is 4.96. The lowest BCUT2D eigenvalue weighted by atomic mass is 10.0. The maximum atomic E-state index is 12.2. The van der Waals surface area contributed by atoms with Crippen LogP contribution in [0.4, 0.5) is 0 Å². The standard InChI is InChI=1S/C16H18N2O3/c1-11-4-5-12(3-2-8-19)9-14(11)16(21)17-10-13-6-7-15(20)18-13/h4-5,9,13,19H,6-8,10H2,1H3,(H,17,21)(H,18,20). The molecular formula is C16H18N2O3. The van der Waals surface area contributed by atoms with Crippen molar-refractivity contribution >= 4 is 11.8 Å². The summed E-state index contributed by atoms with van der Waals surface area (Å²) in [6.07, 6.45) is 1.27. The topological polar surface area (TPSA) is 78.4 Å². The van der Waals surface area contributed by atoms with Crippen molar-refractivity contribution in [3.05, 3.63) is 34.9 Å². The van der Waals surface area contributed by atoms with Crippen molar-refractivity contribution in [2.75, 3.05) is 13.2 Å². The zero-order chi connectivity index (χ0) is 15.2. The van der Waals surface area contributed by atoms with Gasteiger partial charge in [-0.05, 0) is 31.0 Å². The number of rotatable bonds is 3. The van der Waals surface area contributed by atoms with Crippen LogP contribution < -0.4 is 10.6 Å². The second-order valence-electron chi connectivity index (χ2n) is 5.00. The summed E-state index contributed by atoms with van der Waals surface area (Å²) in [5, 5.41) is 14.3. The minimum atomic E-state index is -0.212. The van der Waals surface area contributed by atoms with Crippen LogP contribution in [0.3, 0.4) is 0 Å².